The normalized spacial score (nSPS) is 13.1. The van der Waals surface area contributed by atoms with Crippen molar-refractivity contribution in [3.8, 4) is 0 Å². The van der Waals surface area contributed by atoms with Crippen molar-refractivity contribution in [2.45, 2.75) is 169 Å². The molecule has 0 aliphatic rings. The molecule has 3 unspecified atom stereocenters. The Kier molecular flexibility index (Phi) is 58.3. The van der Waals surface area contributed by atoms with Crippen molar-refractivity contribution in [2.24, 2.45) is 26.4 Å². The molecule has 0 aromatic heterocycles. The highest BCUT2D eigenvalue weighted by Crippen LogP contribution is 2.46. The maximum Gasteiger partial charge on any atom is 0.327 e. The molecule has 0 aliphatic heterocycles. The minimum atomic E-state index is -1.34. The lowest BCUT2D eigenvalue weighted by Gasteiger charge is -2.36. The lowest BCUT2D eigenvalue weighted by Crippen LogP contribution is -2.53. The molecular formula is C51H86N16O31S6. The molecular weight excluding hydrogens is 1530 g/mol. The number of nitrogens with zero attached hydrogens (tertiary/aromatic N) is 2. The van der Waals surface area contributed by atoms with Crippen molar-refractivity contribution in [2.75, 3.05) is 36.9 Å². The highest BCUT2D eigenvalue weighted by Gasteiger charge is 2.43. The zero-order valence-corrected chi connectivity index (χ0v) is 61.7. The van der Waals surface area contributed by atoms with Crippen LogP contribution in [0, 0.1) is 30.8 Å². The predicted molar refractivity (Wildman–Crippen MR) is 374 cm³/mol. The number of carboxylic acid groups (broad SMARTS) is 9. The van der Waals surface area contributed by atoms with E-state index in [0.29, 0.717) is 23.9 Å². The van der Waals surface area contributed by atoms with E-state index < -0.39 is 195 Å². The van der Waals surface area contributed by atoms with Gasteiger partial charge in [0.25, 0.3) is 0 Å². The fourth-order valence-electron chi connectivity index (χ4n) is 6.44. The maximum absolute atomic E-state index is 12.4. The van der Waals surface area contributed by atoms with Gasteiger partial charge in [0, 0.05) is 90.4 Å². The molecule has 0 radical (unpaired) electrons. The summed E-state index contributed by atoms with van der Waals surface area (Å²) < 4.78 is 2.24. The fraction of sp³-hybridized carbons (Fsp3) is 0.647. The molecule has 104 heavy (non-hydrogen) atoms. The Balaban J connectivity index is -0.000000323. The van der Waals surface area contributed by atoms with E-state index in [4.69, 9.17) is 62.8 Å². The zero-order chi connectivity index (χ0) is 82.6. The van der Waals surface area contributed by atoms with Gasteiger partial charge in [-0.2, -0.15) is 9.81 Å². The number of aliphatic carboxylic acids is 9. The molecule has 0 bridgehead atoms. The number of nitroso groups, excluding NO2 is 4. The number of carbonyl (C=O) groups excluding carboxylic acids is 9. The average Bonchev–Trinajstić information content (AvgIpc) is 0.819. The number of hydrogen-bond donors (Lipinski definition) is 23. The van der Waals surface area contributed by atoms with Gasteiger partial charge in [-0.15, -0.1) is 9.81 Å². The van der Waals surface area contributed by atoms with Crippen LogP contribution in [-0.2, 0) is 86.3 Å². The number of nitrogens with one attached hydrogen (secondary N) is 11. The quantitative estimate of drug-likeness (QED) is 0.0124. The van der Waals surface area contributed by atoms with E-state index in [1.165, 1.54) is 34.6 Å². The summed E-state index contributed by atoms with van der Waals surface area (Å²) in [4.78, 5) is 238. The zero-order valence-electron chi connectivity index (χ0n) is 56.8. The van der Waals surface area contributed by atoms with Gasteiger partial charge in [0.05, 0.1) is 14.2 Å². The van der Waals surface area contributed by atoms with Gasteiger partial charge in [-0.05, 0) is 60.8 Å². The summed E-state index contributed by atoms with van der Waals surface area (Å²) in [5.74, 6) is -17.9. The molecule has 0 rings (SSSR count). The summed E-state index contributed by atoms with van der Waals surface area (Å²) >= 11 is 1.06. The molecule has 47 nitrogen and oxygen atoms in total. The van der Waals surface area contributed by atoms with E-state index in [1.807, 2.05) is 0 Å². The molecule has 592 valence electrons. The largest absolute Gasteiger partial charge is 0.480 e. The first-order chi connectivity index (χ1) is 47.9. The lowest BCUT2D eigenvalue weighted by molar-refractivity contribution is -0.142. The number of rotatable bonds is 46. The van der Waals surface area contributed by atoms with Crippen LogP contribution < -0.4 is 65.1 Å². The molecule has 26 N–H and O–H groups in total. The van der Waals surface area contributed by atoms with Crippen molar-refractivity contribution in [3.63, 3.8) is 0 Å². The summed E-state index contributed by atoms with van der Waals surface area (Å²) in [6, 6.07) is -11.0. The van der Waals surface area contributed by atoms with Crippen LogP contribution in [0.25, 0.3) is 0 Å². The van der Waals surface area contributed by atoms with Crippen molar-refractivity contribution < 1.29 is 132 Å². The number of carboxylic acids is 9. The second-order valence-electron chi connectivity index (χ2n) is 21.6. The molecule has 9 atom stereocenters. The standard InChI is InChI=1S/C20H32N6O12S2.C14H24N2O6S2.C10H16N4O7S.C7H12N2O4S.2HNO/c21-9(19(35)36)1-3-13(27)25-11(17(33)23-5-15(29)30)7-39-40-8-12(18(34)24-6-16(31)32)26-14(28)4-2-10(22)20(37)38;1-7(17)15-9(11(19)20)13(3,4)23-24-14(5,6)10(12(21)22)16-8(2)18;11-5(10(19)20)1-2-7(15)13-6(4-22-14-21)9(18)12-3-8(16)17;1-4(10)8-5(6(11)12)7(2,3)14-9-13;2*1-2/h9-12H,1-8,21-22H2,(H,23,33)(H,24,34)(H,25,27)(H,26,28)(H,29,30)(H,31,32)(H,35,36)(H,37,38);9-10H,1-6H3,(H,15,17)(H,16,18)(H,19,20)(H,21,22);5-6H,1-4,11H2,(H,12,18)(H,13,15)(H,16,17)(H,19,20);5H,1-3H3,(H,8,10)(H,11,12);2*1H/t9-,10-,11-,12-;;5-,6-;;;/m0.0.../s1. The van der Waals surface area contributed by atoms with Crippen LogP contribution in [0.2, 0.25) is 0 Å². The molecule has 0 fully saturated rings. The third kappa shape index (κ3) is 53.6. The monoisotopic (exact) mass is 1610 g/mol. The second-order valence-corrected chi connectivity index (χ2v) is 29.8. The van der Waals surface area contributed by atoms with Crippen LogP contribution >= 0.6 is 67.1 Å². The molecule has 0 spiro atoms. The first kappa shape index (κ1) is 106. The Hall–Kier alpha value is -9.16. The Bertz CT molecular complexity index is 2800. The topological polar surface area (TPSA) is 816 Å². The fourth-order valence-corrected chi connectivity index (χ4v) is 12.5. The SMILES string of the molecule is CC(=O)NC(C(=O)O)C(C)(C)SN=O.CC(=O)NC(C(=O)O)C(C)(C)SSC(C)(C)C(NC(C)=O)C(=O)O.N=O.N=O.N[C@@H](CCC(=O)N[C@@H](CSN=O)C(=O)NCC(=O)O)C(=O)O.N[C@@H](CCC(=O)N[C@@H](CSSC[C@H](NC(=O)CC[C@H](N)C(=O)O)C(=O)NCC(=O)O)C(=O)NCC(=O)O)C(=O)O. The highest BCUT2D eigenvalue weighted by atomic mass is 33.1. The molecule has 53 heteroatoms. The third-order valence-corrected chi connectivity index (χ3v) is 19.7. The Labute approximate surface area is 614 Å². The summed E-state index contributed by atoms with van der Waals surface area (Å²) in [6.45, 7) is 11.2. The van der Waals surface area contributed by atoms with Crippen LogP contribution in [-0.4, -0.2) is 258 Å². The highest BCUT2D eigenvalue weighted by molar-refractivity contribution is 8.77. The van der Waals surface area contributed by atoms with E-state index >= 15 is 0 Å². The number of hydrogen-bond acceptors (Lipinski definition) is 35. The molecule has 0 aromatic carbocycles. The minimum absolute atomic E-state index is 0.135. The Morgan fingerprint density at radius 2 is 0.615 bits per heavy atom. The van der Waals surface area contributed by atoms with Gasteiger partial charge in [0.15, 0.2) is 0 Å². The van der Waals surface area contributed by atoms with Gasteiger partial charge in [0.2, 0.25) is 53.2 Å². The van der Waals surface area contributed by atoms with Crippen LogP contribution in [0.4, 0.5) is 0 Å². The van der Waals surface area contributed by atoms with E-state index in [2.05, 4.69) is 68.2 Å². The van der Waals surface area contributed by atoms with E-state index in [1.54, 1.807) is 27.7 Å². The Morgan fingerprint density at radius 3 is 0.817 bits per heavy atom. The van der Waals surface area contributed by atoms with E-state index in [0.717, 1.165) is 43.2 Å². The van der Waals surface area contributed by atoms with Gasteiger partial charge in [-0.1, -0.05) is 54.4 Å². The molecule has 0 saturated heterocycles. The number of nitrogens with two attached hydrogens (primary N) is 3. The van der Waals surface area contributed by atoms with Crippen molar-refractivity contribution in [1.82, 2.24) is 47.9 Å². The van der Waals surface area contributed by atoms with Gasteiger partial charge >= 0.3 is 53.7 Å². The lowest BCUT2D eigenvalue weighted by atomic mass is 10.0. The van der Waals surface area contributed by atoms with Gasteiger partial charge in [0.1, 0.15) is 74.0 Å². The van der Waals surface area contributed by atoms with Gasteiger partial charge in [-0.3, -0.25) is 71.9 Å². The number of carbonyl (C=O) groups is 18. The number of amides is 9. The van der Waals surface area contributed by atoms with Crippen molar-refractivity contribution >= 4 is 174 Å². The minimum Gasteiger partial charge on any atom is -0.480 e. The summed E-state index contributed by atoms with van der Waals surface area (Å²) in [6.07, 6.45) is -1.50. The molecule has 0 heterocycles. The van der Waals surface area contributed by atoms with E-state index in [9.17, 15) is 106 Å². The smallest absolute Gasteiger partial charge is 0.327 e. The second kappa shape index (κ2) is 57.3. The van der Waals surface area contributed by atoms with Crippen LogP contribution in [0.5, 0.6) is 0 Å². The van der Waals surface area contributed by atoms with Gasteiger partial charge in [-0.25, -0.2) is 14.4 Å². The Morgan fingerprint density at radius 1 is 0.375 bits per heavy atom. The molecule has 9 amide bonds. The molecule has 0 aliphatic carbocycles. The molecule has 0 saturated carbocycles. The first-order valence-electron chi connectivity index (χ1n) is 28.7. The van der Waals surface area contributed by atoms with Crippen LogP contribution in [0.15, 0.2) is 9.16 Å². The summed E-state index contributed by atoms with van der Waals surface area (Å²) in [7, 11) is 4.18. The summed E-state index contributed by atoms with van der Waals surface area (Å²) in [5, 5.41) is 99.8. The molecule has 0 aromatic rings. The predicted octanol–water partition coefficient (Wildman–Crippen LogP) is -3.06. The average molecular weight is 1610 g/mol. The van der Waals surface area contributed by atoms with Gasteiger partial charge < -0.3 is 111 Å². The van der Waals surface area contributed by atoms with E-state index in [-0.39, 0.29) is 55.8 Å². The van der Waals surface area contributed by atoms with Crippen LogP contribution in [0.3, 0.4) is 0 Å². The third-order valence-electron chi connectivity index (χ3n) is 11.7. The van der Waals surface area contributed by atoms with Crippen molar-refractivity contribution in [1.29, 1.82) is 11.2 Å². The van der Waals surface area contributed by atoms with Crippen molar-refractivity contribution in [3.05, 3.63) is 19.6 Å². The van der Waals surface area contributed by atoms with Crippen LogP contribution in [0.1, 0.15) is 101 Å². The maximum atomic E-state index is 12.4. The summed E-state index contributed by atoms with van der Waals surface area (Å²) in [5.41, 5.74) is 24.9. The first-order valence-corrected chi connectivity index (χ1v) is 35.1.